The lowest BCUT2D eigenvalue weighted by Crippen LogP contribution is -2.03. The second kappa shape index (κ2) is 6.27. The van der Waals surface area contributed by atoms with Crippen molar-refractivity contribution in [2.45, 2.75) is 26.8 Å². The minimum absolute atomic E-state index is 0.672. The van der Waals surface area contributed by atoms with Gasteiger partial charge in [0.15, 0.2) is 0 Å². The molecule has 4 nitrogen and oxygen atoms in total. The van der Waals surface area contributed by atoms with Crippen LogP contribution in [0.2, 0.25) is 0 Å². The van der Waals surface area contributed by atoms with Gasteiger partial charge in [-0.25, -0.2) is 0 Å². The quantitative estimate of drug-likeness (QED) is 0.866. The number of rotatable bonds is 6. The van der Waals surface area contributed by atoms with Gasteiger partial charge in [-0.15, -0.1) is 0 Å². The maximum Gasteiger partial charge on any atom is 0.142 e. The molecule has 0 fully saturated rings. The van der Waals surface area contributed by atoms with Crippen LogP contribution in [0.1, 0.15) is 25.1 Å². The van der Waals surface area contributed by atoms with Crippen molar-refractivity contribution in [2.24, 2.45) is 7.05 Å². The summed E-state index contributed by atoms with van der Waals surface area (Å²) >= 11 is 0. The molecular formula is C15H21N3O. The molecule has 0 unspecified atom stereocenters. The van der Waals surface area contributed by atoms with Crippen LogP contribution in [0.5, 0.6) is 5.75 Å². The largest absolute Gasteiger partial charge is 0.492 e. The zero-order valence-corrected chi connectivity index (χ0v) is 11.8. The van der Waals surface area contributed by atoms with Crippen LogP contribution in [0.15, 0.2) is 30.5 Å². The van der Waals surface area contributed by atoms with Gasteiger partial charge in [-0.1, -0.05) is 19.1 Å². The van der Waals surface area contributed by atoms with Gasteiger partial charge in [-0.2, -0.15) is 5.10 Å². The average molecular weight is 259 g/mol. The molecule has 1 aromatic carbocycles. The van der Waals surface area contributed by atoms with E-state index in [1.54, 1.807) is 0 Å². The van der Waals surface area contributed by atoms with Crippen molar-refractivity contribution in [1.29, 1.82) is 0 Å². The fourth-order valence-electron chi connectivity index (χ4n) is 2.11. The van der Waals surface area contributed by atoms with E-state index in [1.807, 2.05) is 42.9 Å². The van der Waals surface area contributed by atoms with Crippen LogP contribution in [0.4, 0.5) is 5.69 Å². The third kappa shape index (κ3) is 3.28. The lowest BCUT2D eigenvalue weighted by Gasteiger charge is -2.11. The number of hydrogen-bond donors (Lipinski definition) is 1. The fraction of sp³-hybridized carbons (Fsp3) is 0.400. The standard InChI is InChI=1S/C15H21N3O/c1-4-13-12(11-18(3)17-13)10-16-14-8-6-7-9-15(14)19-5-2/h6-9,11,16H,4-5,10H2,1-3H3. The molecule has 0 radical (unpaired) electrons. The van der Waals surface area contributed by atoms with E-state index in [0.29, 0.717) is 6.61 Å². The van der Waals surface area contributed by atoms with Crippen LogP contribution >= 0.6 is 0 Å². The Kier molecular flexibility index (Phi) is 4.44. The monoisotopic (exact) mass is 259 g/mol. The predicted molar refractivity (Wildman–Crippen MR) is 77.5 cm³/mol. The molecule has 0 aliphatic carbocycles. The molecule has 0 aliphatic heterocycles. The highest BCUT2D eigenvalue weighted by molar-refractivity contribution is 5.56. The fourth-order valence-corrected chi connectivity index (χ4v) is 2.11. The number of benzene rings is 1. The number of nitrogens with one attached hydrogen (secondary N) is 1. The molecule has 0 bridgehead atoms. The summed E-state index contributed by atoms with van der Waals surface area (Å²) in [4.78, 5) is 0. The first kappa shape index (κ1) is 13.5. The molecule has 0 spiro atoms. The summed E-state index contributed by atoms with van der Waals surface area (Å²) in [6.45, 7) is 5.56. The topological polar surface area (TPSA) is 39.1 Å². The van der Waals surface area contributed by atoms with Crippen molar-refractivity contribution in [2.75, 3.05) is 11.9 Å². The highest BCUT2D eigenvalue weighted by Crippen LogP contribution is 2.24. The van der Waals surface area contributed by atoms with Crippen LogP contribution in [-0.4, -0.2) is 16.4 Å². The van der Waals surface area contributed by atoms with Crippen molar-refractivity contribution in [1.82, 2.24) is 9.78 Å². The van der Waals surface area contributed by atoms with E-state index in [0.717, 1.165) is 30.1 Å². The molecule has 0 amide bonds. The maximum absolute atomic E-state index is 5.60. The molecule has 0 saturated heterocycles. The van der Waals surface area contributed by atoms with E-state index in [1.165, 1.54) is 5.56 Å². The van der Waals surface area contributed by atoms with Gasteiger partial charge in [0, 0.05) is 25.4 Å². The summed E-state index contributed by atoms with van der Waals surface area (Å²) in [5, 5.41) is 7.87. The molecule has 1 heterocycles. The summed E-state index contributed by atoms with van der Waals surface area (Å²) in [6.07, 6.45) is 3.01. The summed E-state index contributed by atoms with van der Waals surface area (Å²) in [6, 6.07) is 8.01. The Bertz CT molecular complexity index is 534. The molecule has 19 heavy (non-hydrogen) atoms. The van der Waals surface area contributed by atoms with E-state index >= 15 is 0 Å². The third-order valence-electron chi connectivity index (χ3n) is 2.98. The Hall–Kier alpha value is -1.97. The molecule has 0 atom stereocenters. The van der Waals surface area contributed by atoms with Gasteiger partial charge >= 0.3 is 0 Å². The molecule has 4 heteroatoms. The van der Waals surface area contributed by atoms with Crippen LogP contribution in [0.3, 0.4) is 0 Å². The van der Waals surface area contributed by atoms with E-state index in [4.69, 9.17) is 4.74 Å². The third-order valence-corrected chi connectivity index (χ3v) is 2.98. The molecule has 2 aromatic rings. The summed E-state index contributed by atoms with van der Waals surface area (Å²) in [5.74, 6) is 0.895. The zero-order chi connectivity index (χ0) is 13.7. The number of ether oxygens (including phenoxy) is 1. The van der Waals surface area contributed by atoms with Gasteiger partial charge in [-0.05, 0) is 25.5 Å². The smallest absolute Gasteiger partial charge is 0.142 e. The van der Waals surface area contributed by atoms with E-state index in [2.05, 4.69) is 23.5 Å². The predicted octanol–water partition coefficient (Wildman–Crippen LogP) is 2.99. The van der Waals surface area contributed by atoms with Gasteiger partial charge in [0.1, 0.15) is 5.75 Å². The normalized spacial score (nSPS) is 10.5. The summed E-state index contributed by atoms with van der Waals surface area (Å²) < 4.78 is 7.47. The van der Waals surface area contributed by atoms with Gasteiger partial charge in [0.25, 0.3) is 0 Å². The van der Waals surface area contributed by atoms with Gasteiger partial charge in [0.2, 0.25) is 0 Å². The van der Waals surface area contributed by atoms with Crippen LogP contribution in [0, 0.1) is 0 Å². The molecule has 1 N–H and O–H groups in total. The Morgan fingerprint density at radius 2 is 2.05 bits per heavy atom. The van der Waals surface area contributed by atoms with Crippen LogP contribution in [0.25, 0.3) is 0 Å². The molecule has 1 aromatic heterocycles. The summed E-state index contributed by atoms with van der Waals surface area (Å²) in [5.41, 5.74) is 3.40. The number of nitrogens with zero attached hydrogens (tertiary/aromatic N) is 2. The van der Waals surface area contributed by atoms with Gasteiger partial charge in [0.05, 0.1) is 18.0 Å². The lowest BCUT2D eigenvalue weighted by molar-refractivity contribution is 0.341. The number of anilines is 1. The zero-order valence-electron chi connectivity index (χ0n) is 11.8. The van der Waals surface area contributed by atoms with Gasteiger partial charge in [-0.3, -0.25) is 4.68 Å². The van der Waals surface area contributed by atoms with Crippen molar-refractivity contribution >= 4 is 5.69 Å². The van der Waals surface area contributed by atoms with E-state index < -0.39 is 0 Å². The SMILES string of the molecule is CCOc1ccccc1NCc1cn(C)nc1CC. The van der Waals surface area contributed by atoms with Crippen molar-refractivity contribution in [3.05, 3.63) is 41.7 Å². The lowest BCUT2D eigenvalue weighted by atomic mass is 10.2. The molecule has 0 saturated carbocycles. The number of aryl methyl sites for hydroxylation is 2. The number of aromatic nitrogens is 2. The summed E-state index contributed by atoms with van der Waals surface area (Å²) in [7, 11) is 1.96. The average Bonchev–Trinajstić information content (AvgIpc) is 2.78. The second-order valence-corrected chi connectivity index (χ2v) is 4.41. The van der Waals surface area contributed by atoms with Crippen LogP contribution < -0.4 is 10.1 Å². The first-order chi connectivity index (χ1) is 9.24. The first-order valence-corrected chi connectivity index (χ1v) is 6.71. The van der Waals surface area contributed by atoms with E-state index in [-0.39, 0.29) is 0 Å². The molecular weight excluding hydrogens is 238 g/mol. The van der Waals surface area contributed by atoms with Crippen molar-refractivity contribution in [3.63, 3.8) is 0 Å². The molecule has 102 valence electrons. The first-order valence-electron chi connectivity index (χ1n) is 6.71. The van der Waals surface area contributed by atoms with E-state index in [9.17, 15) is 0 Å². The molecule has 0 aliphatic rings. The number of para-hydroxylation sites is 2. The van der Waals surface area contributed by atoms with Crippen molar-refractivity contribution < 1.29 is 4.74 Å². The van der Waals surface area contributed by atoms with Crippen LogP contribution in [-0.2, 0) is 20.0 Å². The highest BCUT2D eigenvalue weighted by atomic mass is 16.5. The maximum atomic E-state index is 5.60. The minimum atomic E-state index is 0.672. The number of hydrogen-bond acceptors (Lipinski definition) is 3. The Morgan fingerprint density at radius 3 is 2.79 bits per heavy atom. The highest BCUT2D eigenvalue weighted by Gasteiger charge is 2.07. The van der Waals surface area contributed by atoms with Crippen molar-refractivity contribution in [3.8, 4) is 5.75 Å². The Balaban J connectivity index is 2.09. The minimum Gasteiger partial charge on any atom is -0.492 e. The van der Waals surface area contributed by atoms with Gasteiger partial charge < -0.3 is 10.1 Å². The Labute approximate surface area is 114 Å². The molecule has 2 rings (SSSR count). The second-order valence-electron chi connectivity index (χ2n) is 4.41. The Morgan fingerprint density at radius 1 is 1.26 bits per heavy atom.